The number of anilines is 1. The summed E-state index contributed by atoms with van der Waals surface area (Å²) in [6.07, 6.45) is 1.91. The van der Waals surface area contributed by atoms with Gasteiger partial charge < -0.3 is 15.7 Å². The fraction of sp³-hybridized carbons (Fsp3) is 0.500. The highest BCUT2D eigenvalue weighted by Gasteiger charge is 2.15. The van der Waals surface area contributed by atoms with Crippen LogP contribution in [0.3, 0.4) is 0 Å². The van der Waals surface area contributed by atoms with Gasteiger partial charge in [-0.15, -0.1) is 0 Å². The number of carbonyl (C=O) groups excluding carboxylic acids is 1. The van der Waals surface area contributed by atoms with Gasteiger partial charge in [0, 0.05) is 13.1 Å². The highest BCUT2D eigenvalue weighted by Crippen LogP contribution is 2.06. The standard InChI is InChI=1S/C12H19N3O2/c1-2-3-7-15(8-9-16)12(17)10-5-4-6-11(13)14-10/h4-6,16H,2-3,7-9H2,1H3,(H2,13,14). The molecule has 1 amide bonds. The predicted molar refractivity (Wildman–Crippen MR) is 66.5 cm³/mol. The second kappa shape index (κ2) is 6.85. The van der Waals surface area contributed by atoms with Crippen LogP contribution in [-0.2, 0) is 0 Å². The molecule has 0 saturated heterocycles. The van der Waals surface area contributed by atoms with Gasteiger partial charge in [0.05, 0.1) is 6.61 Å². The quantitative estimate of drug-likeness (QED) is 0.770. The summed E-state index contributed by atoms with van der Waals surface area (Å²) < 4.78 is 0. The molecule has 1 rings (SSSR count). The smallest absolute Gasteiger partial charge is 0.272 e. The lowest BCUT2D eigenvalue weighted by Gasteiger charge is -2.21. The van der Waals surface area contributed by atoms with Crippen LogP contribution >= 0.6 is 0 Å². The number of unbranched alkanes of at least 4 members (excludes halogenated alkanes) is 1. The summed E-state index contributed by atoms with van der Waals surface area (Å²) in [5.74, 6) is 0.148. The zero-order valence-corrected chi connectivity index (χ0v) is 10.1. The topological polar surface area (TPSA) is 79.5 Å². The summed E-state index contributed by atoms with van der Waals surface area (Å²) >= 11 is 0. The molecule has 0 aliphatic heterocycles. The number of pyridine rings is 1. The Labute approximate surface area is 101 Å². The lowest BCUT2D eigenvalue weighted by Crippen LogP contribution is -2.35. The van der Waals surface area contributed by atoms with Gasteiger partial charge in [-0.25, -0.2) is 4.98 Å². The minimum Gasteiger partial charge on any atom is -0.395 e. The Morgan fingerprint density at radius 3 is 2.82 bits per heavy atom. The Kier molecular flexibility index (Phi) is 5.42. The van der Waals surface area contributed by atoms with Crippen LogP contribution in [0.25, 0.3) is 0 Å². The van der Waals surface area contributed by atoms with Crippen molar-refractivity contribution in [3.8, 4) is 0 Å². The van der Waals surface area contributed by atoms with E-state index in [9.17, 15) is 4.79 Å². The zero-order chi connectivity index (χ0) is 12.7. The van der Waals surface area contributed by atoms with Crippen LogP contribution in [0.5, 0.6) is 0 Å². The molecule has 3 N–H and O–H groups in total. The Morgan fingerprint density at radius 2 is 2.24 bits per heavy atom. The summed E-state index contributed by atoms with van der Waals surface area (Å²) in [5.41, 5.74) is 5.87. The summed E-state index contributed by atoms with van der Waals surface area (Å²) in [4.78, 5) is 17.7. The second-order valence-corrected chi connectivity index (χ2v) is 3.82. The number of nitrogens with zero attached hydrogens (tertiary/aromatic N) is 2. The highest BCUT2D eigenvalue weighted by atomic mass is 16.3. The molecule has 0 unspecified atom stereocenters. The van der Waals surface area contributed by atoms with E-state index in [0.29, 0.717) is 24.6 Å². The molecule has 0 aromatic carbocycles. The van der Waals surface area contributed by atoms with Crippen LogP contribution in [0, 0.1) is 0 Å². The summed E-state index contributed by atoms with van der Waals surface area (Å²) in [6, 6.07) is 4.97. The molecule has 5 heteroatoms. The van der Waals surface area contributed by atoms with Crippen LogP contribution in [0.15, 0.2) is 18.2 Å². The summed E-state index contributed by atoms with van der Waals surface area (Å²) in [5, 5.41) is 8.95. The van der Waals surface area contributed by atoms with Gasteiger partial charge in [0.1, 0.15) is 11.5 Å². The maximum absolute atomic E-state index is 12.1. The van der Waals surface area contributed by atoms with Crippen molar-refractivity contribution >= 4 is 11.7 Å². The molecule has 0 fully saturated rings. The van der Waals surface area contributed by atoms with Gasteiger partial charge in [0.2, 0.25) is 0 Å². The molecule has 0 spiro atoms. The molecule has 0 aliphatic rings. The molecule has 5 nitrogen and oxygen atoms in total. The van der Waals surface area contributed by atoms with E-state index in [1.807, 2.05) is 0 Å². The monoisotopic (exact) mass is 237 g/mol. The molecular weight excluding hydrogens is 218 g/mol. The average molecular weight is 237 g/mol. The molecule has 1 aromatic heterocycles. The van der Waals surface area contributed by atoms with Gasteiger partial charge in [-0.2, -0.15) is 0 Å². The SMILES string of the molecule is CCCCN(CCO)C(=O)c1cccc(N)n1. The Hall–Kier alpha value is -1.62. The Morgan fingerprint density at radius 1 is 1.47 bits per heavy atom. The van der Waals surface area contributed by atoms with E-state index >= 15 is 0 Å². The molecule has 0 atom stereocenters. The van der Waals surface area contributed by atoms with Crippen molar-refractivity contribution in [1.29, 1.82) is 0 Å². The summed E-state index contributed by atoms with van der Waals surface area (Å²) in [6.45, 7) is 2.97. The molecule has 0 radical (unpaired) electrons. The number of hydrogen-bond donors (Lipinski definition) is 2. The Bertz CT molecular complexity index is 369. The molecular formula is C12H19N3O2. The first kappa shape index (κ1) is 13.4. The normalized spacial score (nSPS) is 10.2. The van der Waals surface area contributed by atoms with Crippen molar-refractivity contribution in [1.82, 2.24) is 9.88 Å². The fourth-order valence-electron chi connectivity index (χ4n) is 1.52. The van der Waals surface area contributed by atoms with Crippen LogP contribution in [-0.4, -0.2) is 40.6 Å². The van der Waals surface area contributed by atoms with Crippen molar-refractivity contribution < 1.29 is 9.90 Å². The molecule has 0 bridgehead atoms. The number of carbonyl (C=O) groups is 1. The van der Waals surface area contributed by atoms with E-state index in [4.69, 9.17) is 10.8 Å². The largest absolute Gasteiger partial charge is 0.395 e. The van der Waals surface area contributed by atoms with E-state index in [1.165, 1.54) is 0 Å². The number of aromatic nitrogens is 1. The predicted octanol–water partition coefficient (Wildman–Crippen LogP) is 0.898. The molecule has 1 aromatic rings. The number of aliphatic hydroxyl groups is 1. The molecule has 94 valence electrons. The van der Waals surface area contributed by atoms with Crippen molar-refractivity contribution in [2.75, 3.05) is 25.4 Å². The third-order valence-corrected chi connectivity index (χ3v) is 2.43. The lowest BCUT2D eigenvalue weighted by molar-refractivity contribution is 0.0713. The highest BCUT2D eigenvalue weighted by molar-refractivity contribution is 5.92. The number of hydrogen-bond acceptors (Lipinski definition) is 4. The van der Waals surface area contributed by atoms with E-state index in [1.54, 1.807) is 23.1 Å². The first-order valence-electron chi connectivity index (χ1n) is 5.81. The number of amides is 1. The Balaban J connectivity index is 2.76. The molecule has 17 heavy (non-hydrogen) atoms. The first-order chi connectivity index (χ1) is 8.19. The maximum atomic E-state index is 12.1. The van der Waals surface area contributed by atoms with E-state index in [2.05, 4.69) is 11.9 Å². The number of aliphatic hydroxyl groups excluding tert-OH is 1. The van der Waals surface area contributed by atoms with E-state index in [0.717, 1.165) is 12.8 Å². The lowest BCUT2D eigenvalue weighted by atomic mass is 10.2. The third-order valence-electron chi connectivity index (χ3n) is 2.43. The maximum Gasteiger partial charge on any atom is 0.272 e. The average Bonchev–Trinajstić information content (AvgIpc) is 2.33. The fourth-order valence-corrected chi connectivity index (χ4v) is 1.52. The summed E-state index contributed by atoms with van der Waals surface area (Å²) in [7, 11) is 0. The van der Waals surface area contributed by atoms with Gasteiger partial charge in [-0.05, 0) is 18.6 Å². The number of nitrogens with two attached hydrogens (primary N) is 1. The van der Waals surface area contributed by atoms with E-state index in [-0.39, 0.29) is 12.5 Å². The number of rotatable bonds is 6. The second-order valence-electron chi connectivity index (χ2n) is 3.82. The van der Waals surface area contributed by atoms with Gasteiger partial charge in [-0.3, -0.25) is 4.79 Å². The molecule has 0 saturated carbocycles. The zero-order valence-electron chi connectivity index (χ0n) is 10.1. The van der Waals surface area contributed by atoms with Gasteiger partial charge >= 0.3 is 0 Å². The van der Waals surface area contributed by atoms with Crippen LogP contribution in [0.4, 0.5) is 5.82 Å². The minimum absolute atomic E-state index is 0.0439. The van der Waals surface area contributed by atoms with Crippen molar-refractivity contribution in [3.05, 3.63) is 23.9 Å². The van der Waals surface area contributed by atoms with Crippen molar-refractivity contribution in [3.63, 3.8) is 0 Å². The third kappa shape index (κ3) is 4.03. The van der Waals surface area contributed by atoms with Crippen LogP contribution < -0.4 is 5.73 Å². The number of nitrogen functional groups attached to an aromatic ring is 1. The van der Waals surface area contributed by atoms with Crippen LogP contribution in [0.2, 0.25) is 0 Å². The van der Waals surface area contributed by atoms with Crippen molar-refractivity contribution in [2.45, 2.75) is 19.8 Å². The van der Waals surface area contributed by atoms with Gasteiger partial charge in [-0.1, -0.05) is 19.4 Å². The van der Waals surface area contributed by atoms with E-state index < -0.39 is 0 Å². The van der Waals surface area contributed by atoms with Gasteiger partial charge in [0.15, 0.2) is 0 Å². The van der Waals surface area contributed by atoms with Gasteiger partial charge in [0.25, 0.3) is 5.91 Å². The first-order valence-corrected chi connectivity index (χ1v) is 5.81. The molecule has 0 aliphatic carbocycles. The molecule has 1 heterocycles. The van der Waals surface area contributed by atoms with Crippen molar-refractivity contribution in [2.24, 2.45) is 0 Å². The van der Waals surface area contributed by atoms with Crippen LogP contribution in [0.1, 0.15) is 30.3 Å². The minimum atomic E-state index is -0.181.